The van der Waals surface area contributed by atoms with Crippen LogP contribution in [-0.2, 0) is 0 Å². The monoisotopic (exact) mass is 206 g/mol. The van der Waals surface area contributed by atoms with Gasteiger partial charge in [-0.05, 0) is 49.0 Å². The van der Waals surface area contributed by atoms with E-state index in [0.29, 0.717) is 0 Å². The van der Waals surface area contributed by atoms with Crippen molar-refractivity contribution in [1.82, 2.24) is 9.80 Å². The fraction of sp³-hybridized carbons (Fsp3) is 1.00. The fourth-order valence-corrected chi connectivity index (χ4v) is 0.141. The Kier molecular flexibility index (Phi) is 8.34. The summed E-state index contributed by atoms with van der Waals surface area (Å²) in [6.07, 6.45) is -0.315. The van der Waals surface area contributed by atoms with Crippen molar-refractivity contribution in [1.29, 1.82) is 0 Å². The molecule has 0 aromatic heterocycles. The highest BCUT2D eigenvalue weighted by Crippen LogP contribution is 2.06. The molecule has 0 aliphatic rings. The Balaban J connectivity index is 0. The lowest BCUT2D eigenvalue weighted by Gasteiger charge is -2.29. The molecule has 0 fully saturated rings. The molecule has 0 heterocycles. The summed E-state index contributed by atoms with van der Waals surface area (Å²) in [5, 5.41) is 17.3. The molecule has 0 amide bonds. The quantitative estimate of drug-likeness (QED) is 0.648. The first-order valence-corrected chi connectivity index (χ1v) is 4.78. The second kappa shape index (κ2) is 7.17. The second-order valence-corrected chi connectivity index (χ2v) is 4.46. The summed E-state index contributed by atoms with van der Waals surface area (Å²) in [4.78, 5) is 3.72. The van der Waals surface area contributed by atoms with Crippen molar-refractivity contribution in [2.75, 3.05) is 34.8 Å². The number of aliphatic hydroxyl groups is 2. The van der Waals surface area contributed by atoms with Gasteiger partial charge in [0.1, 0.15) is 6.23 Å². The fourth-order valence-electron chi connectivity index (χ4n) is 0.141. The Hall–Kier alpha value is -0.160. The molecule has 4 heteroatoms. The summed E-state index contributed by atoms with van der Waals surface area (Å²) in [7, 11) is 7.56. The zero-order chi connectivity index (χ0) is 11.9. The summed E-state index contributed by atoms with van der Waals surface area (Å²) in [5.74, 6) is 0. The minimum absolute atomic E-state index is 0.0694. The van der Waals surface area contributed by atoms with Crippen molar-refractivity contribution >= 4 is 0 Å². The first-order valence-electron chi connectivity index (χ1n) is 4.78. The molecule has 0 spiro atoms. The van der Waals surface area contributed by atoms with Crippen molar-refractivity contribution in [3.8, 4) is 0 Å². The number of likely N-dealkylation sites (N-methyl/N-ethyl adjacent to an activating group) is 1. The molecule has 1 unspecified atom stereocenters. The third kappa shape index (κ3) is 8.44. The first kappa shape index (κ1) is 16.3. The van der Waals surface area contributed by atoms with E-state index in [1.165, 1.54) is 0 Å². The zero-order valence-electron chi connectivity index (χ0n) is 10.6. The van der Waals surface area contributed by atoms with Gasteiger partial charge >= 0.3 is 0 Å². The van der Waals surface area contributed by atoms with Crippen LogP contribution < -0.4 is 0 Å². The van der Waals surface area contributed by atoms with Gasteiger partial charge in [0, 0.05) is 5.54 Å². The lowest BCUT2D eigenvalue weighted by Crippen LogP contribution is -2.41. The summed E-state index contributed by atoms with van der Waals surface area (Å²) in [6, 6.07) is 0. The smallest absolute Gasteiger partial charge is 0.104 e. The molecule has 14 heavy (non-hydrogen) atoms. The third-order valence-corrected chi connectivity index (χ3v) is 2.34. The topological polar surface area (TPSA) is 46.9 Å². The minimum Gasteiger partial charge on any atom is -0.394 e. The lowest BCUT2D eigenvalue weighted by atomic mass is 10.1. The Bertz CT molecular complexity index is 128. The molecule has 0 radical (unpaired) electrons. The maximum atomic E-state index is 8.72. The van der Waals surface area contributed by atoms with Gasteiger partial charge in [0.05, 0.1) is 6.61 Å². The summed E-state index contributed by atoms with van der Waals surface area (Å²) >= 11 is 0. The molecule has 2 N–H and O–H groups in total. The molecule has 0 bridgehead atoms. The van der Waals surface area contributed by atoms with Gasteiger partial charge in [-0.3, -0.25) is 4.90 Å². The summed E-state index contributed by atoms with van der Waals surface area (Å²) in [5.41, 5.74) is -0.0694. The van der Waals surface area contributed by atoms with Crippen molar-refractivity contribution in [3.63, 3.8) is 0 Å². The molecule has 4 nitrogen and oxygen atoms in total. The molecule has 0 aliphatic heterocycles. The standard InChI is InChI=1S/C6H15NO.C4H11NO/c1-6(2,5-8)7(3)4;1-4(6)5(2)3/h8H,5H2,1-4H3;4,6H,1-3H3. The first-order chi connectivity index (χ1) is 6.15. The van der Waals surface area contributed by atoms with E-state index >= 15 is 0 Å². The Labute approximate surface area is 88.1 Å². The van der Waals surface area contributed by atoms with Crippen LogP contribution in [0.4, 0.5) is 0 Å². The van der Waals surface area contributed by atoms with Crippen molar-refractivity contribution in [2.24, 2.45) is 0 Å². The highest BCUT2D eigenvalue weighted by molar-refractivity contribution is 4.74. The van der Waals surface area contributed by atoms with Gasteiger partial charge in [0.25, 0.3) is 0 Å². The van der Waals surface area contributed by atoms with Crippen LogP contribution in [0, 0.1) is 0 Å². The Morgan fingerprint density at radius 2 is 1.43 bits per heavy atom. The highest BCUT2D eigenvalue weighted by Gasteiger charge is 2.17. The summed E-state index contributed by atoms with van der Waals surface area (Å²) < 4.78 is 0. The third-order valence-electron chi connectivity index (χ3n) is 2.34. The average Bonchev–Trinajstić information content (AvgIpc) is 2.05. The predicted octanol–water partition coefficient (Wildman–Crippen LogP) is 0.205. The molecule has 0 aromatic rings. The van der Waals surface area contributed by atoms with E-state index in [1.54, 1.807) is 11.8 Å². The predicted molar refractivity (Wildman–Crippen MR) is 60.2 cm³/mol. The van der Waals surface area contributed by atoms with Gasteiger partial charge in [-0.25, -0.2) is 0 Å². The minimum atomic E-state index is -0.315. The van der Waals surface area contributed by atoms with E-state index in [4.69, 9.17) is 10.2 Å². The van der Waals surface area contributed by atoms with Crippen LogP contribution in [0.15, 0.2) is 0 Å². The maximum Gasteiger partial charge on any atom is 0.104 e. The van der Waals surface area contributed by atoms with Crippen molar-refractivity contribution in [3.05, 3.63) is 0 Å². The zero-order valence-corrected chi connectivity index (χ0v) is 10.6. The number of aliphatic hydroxyl groups excluding tert-OH is 2. The van der Waals surface area contributed by atoms with Crippen LogP contribution in [0.3, 0.4) is 0 Å². The summed E-state index contributed by atoms with van der Waals surface area (Å²) in [6.45, 7) is 5.92. The second-order valence-electron chi connectivity index (χ2n) is 4.46. The molecule has 0 aliphatic carbocycles. The van der Waals surface area contributed by atoms with Crippen LogP contribution in [0.2, 0.25) is 0 Å². The lowest BCUT2D eigenvalue weighted by molar-refractivity contribution is 0.0578. The maximum absolute atomic E-state index is 8.72. The van der Waals surface area contributed by atoms with Gasteiger partial charge in [-0.15, -0.1) is 0 Å². The SMILES string of the molecule is CC(O)N(C)C.CN(C)C(C)(C)CO. The normalized spacial score (nSPS) is 13.9. The van der Waals surface area contributed by atoms with E-state index in [0.717, 1.165) is 0 Å². The van der Waals surface area contributed by atoms with Crippen LogP contribution in [0.5, 0.6) is 0 Å². The van der Waals surface area contributed by atoms with E-state index in [1.807, 2.05) is 46.9 Å². The Morgan fingerprint density at radius 1 is 1.14 bits per heavy atom. The number of nitrogens with zero attached hydrogens (tertiary/aromatic N) is 2. The molecule has 0 saturated heterocycles. The van der Waals surface area contributed by atoms with E-state index in [9.17, 15) is 0 Å². The highest BCUT2D eigenvalue weighted by atomic mass is 16.3. The number of hydrogen-bond acceptors (Lipinski definition) is 4. The molecule has 0 rings (SSSR count). The van der Waals surface area contributed by atoms with Gasteiger partial charge in [0.2, 0.25) is 0 Å². The van der Waals surface area contributed by atoms with E-state index in [-0.39, 0.29) is 18.4 Å². The van der Waals surface area contributed by atoms with Crippen LogP contribution in [0.1, 0.15) is 20.8 Å². The largest absolute Gasteiger partial charge is 0.394 e. The van der Waals surface area contributed by atoms with E-state index < -0.39 is 0 Å². The molecule has 1 atom stereocenters. The van der Waals surface area contributed by atoms with Crippen LogP contribution in [-0.4, -0.2) is 66.6 Å². The average molecular weight is 206 g/mol. The van der Waals surface area contributed by atoms with Crippen LogP contribution in [0.25, 0.3) is 0 Å². The number of rotatable bonds is 3. The van der Waals surface area contributed by atoms with Crippen LogP contribution >= 0.6 is 0 Å². The number of hydrogen-bond donors (Lipinski definition) is 2. The molecular formula is C10H26N2O2. The molecule has 0 aromatic carbocycles. The van der Waals surface area contributed by atoms with Gasteiger partial charge in [-0.1, -0.05) is 0 Å². The molecule has 88 valence electrons. The van der Waals surface area contributed by atoms with Gasteiger partial charge < -0.3 is 15.1 Å². The van der Waals surface area contributed by atoms with Gasteiger partial charge in [-0.2, -0.15) is 0 Å². The van der Waals surface area contributed by atoms with Crippen molar-refractivity contribution in [2.45, 2.75) is 32.5 Å². The Morgan fingerprint density at radius 3 is 1.43 bits per heavy atom. The molecule has 0 saturated carbocycles. The molecular weight excluding hydrogens is 180 g/mol. The van der Waals surface area contributed by atoms with Gasteiger partial charge in [0.15, 0.2) is 0 Å². The van der Waals surface area contributed by atoms with Crippen molar-refractivity contribution < 1.29 is 10.2 Å². The van der Waals surface area contributed by atoms with E-state index in [2.05, 4.69) is 0 Å².